The van der Waals surface area contributed by atoms with E-state index in [1.165, 1.54) is 0 Å². The molecule has 0 atom stereocenters. The molecule has 110 valence electrons. The van der Waals surface area contributed by atoms with Gasteiger partial charge in [0.2, 0.25) is 10.0 Å². The van der Waals surface area contributed by atoms with Crippen molar-refractivity contribution in [1.29, 1.82) is 0 Å². The fourth-order valence-corrected chi connectivity index (χ4v) is 4.25. The first-order valence-electron chi connectivity index (χ1n) is 6.78. The summed E-state index contributed by atoms with van der Waals surface area (Å²) in [5, 5.41) is 0. The normalized spacial score (nSPS) is 21.9. The minimum Gasteiger partial charge on any atom is -0.486 e. The molecule has 0 saturated carbocycles. The summed E-state index contributed by atoms with van der Waals surface area (Å²) in [4.78, 5) is 0.277. The molecule has 0 unspecified atom stereocenters. The minimum atomic E-state index is -3.45. The molecule has 1 fully saturated rings. The molecule has 1 aromatic rings. The van der Waals surface area contributed by atoms with Crippen molar-refractivity contribution < 1.29 is 17.9 Å². The van der Waals surface area contributed by atoms with E-state index < -0.39 is 10.0 Å². The van der Waals surface area contributed by atoms with E-state index in [-0.39, 0.29) is 10.3 Å². The number of nitrogens with zero attached hydrogens (tertiary/aromatic N) is 1. The molecule has 5 nitrogen and oxygen atoms in total. The first-order chi connectivity index (χ1) is 9.38. The van der Waals surface area contributed by atoms with E-state index in [1.54, 1.807) is 22.5 Å². The standard InChI is InChI=1S/C14H19NO4S/c1-14(2)5-6-15(10-14)20(16,17)11-3-4-12-13(9-11)19-8-7-18-12/h3-4,9H,5-8,10H2,1-2H3. The van der Waals surface area contributed by atoms with Crippen molar-refractivity contribution in [2.75, 3.05) is 26.3 Å². The van der Waals surface area contributed by atoms with Crippen LogP contribution in [0.25, 0.3) is 0 Å². The summed E-state index contributed by atoms with van der Waals surface area (Å²) in [6, 6.07) is 4.83. The first kappa shape index (κ1) is 13.7. The van der Waals surface area contributed by atoms with Crippen molar-refractivity contribution in [2.45, 2.75) is 25.2 Å². The maximum Gasteiger partial charge on any atom is 0.243 e. The Balaban J connectivity index is 1.92. The molecule has 0 N–H and O–H groups in total. The lowest BCUT2D eigenvalue weighted by molar-refractivity contribution is 0.171. The van der Waals surface area contributed by atoms with E-state index in [4.69, 9.17) is 9.47 Å². The molecule has 0 spiro atoms. The molecule has 0 radical (unpaired) electrons. The average molecular weight is 297 g/mol. The van der Waals surface area contributed by atoms with Gasteiger partial charge in [-0.1, -0.05) is 13.8 Å². The molecule has 1 saturated heterocycles. The summed E-state index contributed by atoms with van der Waals surface area (Å²) in [5.41, 5.74) is 0.0425. The van der Waals surface area contributed by atoms with Gasteiger partial charge in [0.1, 0.15) is 13.2 Å². The van der Waals surface area contributed by atoms with Crippen molar-refractivity contribution in [2.24, 2.45) is 5.41 Å². The van der Waals surface area contributed by atoms with Crippen LogP contribution in [0.1, 0.15) is 20.3 Å². The largest absolute Gasteiger partial charge is 0.486 e. The van der Waals surface area contributed by atoms with Gasteiger partial charge < -0.3 is 9.47 Å². The Labute approximate surface area is 119 Å². The number of sulfonamides is 1. The molecular formula is C14H19NO4S. The van der Waals surface area contributed by atoms with Crippen LogP contribution in [0.2, 0.25) is 0 Å². The topological polar surface area (TPSA) is 55.8 Å². The van der Waals surface area contributed by atoms with Crippen LogP contribution in [0, 0.1) is 5.41 Å². The van der Waals surface area contributed by atoms with Crippen LogP contribution in [0.5, 0.6) is 11.5 Å². The fourth-order valence-electron chi connectivity index (χ4n) is 2.60. The van der Waals surface area contributed by atoms with E-state index in [9.17, 15) is 8.42 Å². The minimum absolute atomic E-state index is 0.0425. The molecule has 3 rings (SSSR count). The third-order valence-electron chi connectivity index (χ3n) is 3.79. The predicted molar refractivity (Wildman–Crippen MR) is 74.6 cm³/mol. The summed E-state index contributed by atoms with van der Waals surface area (Å²) in [6.07, 6.45) is 0.886. The lowest BCUT2D eigenvalue weighted by Crippen LogP contribution is -2.30. The van der Waals surface area contributed by atoms with Gasteiger partial charge in [0.15, 0.2) is 11.5 Å². The number of hydrogen-bond donors (Lipinski definition) is 0. The number of hydrogen-bond acceptors (Lipinski definition) is 4. The van der Waals surface area contributed by atoms with E-state index >= 15 is 0 Å². The summed E-state index contributed by atoms with van der Waals surface area (Å²) in [6.45, 7) is 6.26. The van der Waals surface area contributed by atoms with Crippen LogP contribution in [0.15, 0.2) is 23.1 Å². The smallest absolute Gasteiger partial charge is 0.243 e. The Hall–Kier alpha value is -1.27. The van der Waals surface area contributed by atoms with Gasteiger partial charge in [0.25, 0.3) is 0 Å². The predicted octanol–water partition coefficient (Wildman–Crippen LogP) is 1.88. The Morgan fingerprint density at radius 2 is 1.85 bits per heavy atom. The van der Waals surface area contributed by atoms with Gasteiger partial charge in [-0.3, -0.25) is 0 Å². The third kappa shape index (κ3) is 2.38. The molecule has 1 aromatic carbocycles. The third-order valence-corrected chi connectivity index (χ3v) is 5.63. The highest BCUT2D eigenvalue weighted by atomic mass is 32.2. The second kappa shape index (κ2) is 4.63. The summed E-state index contributed by atoms with van der Waals surface area (Å²) < 4.78 is 37.7. The Morgan fingerprint density at radius 1 is 1.15 bits per heavy atom. The monoisotopic (exact) mass is 297 g/mol. The zero-order valence-corrected chi connectivity index (χ0v) is 12.6. The summed E-state index contributed by atoms with van der Waals surface area (Å²) in [7, 11) is -3.45. The van der Waals surface area contributed by atoms with Gasteiger partial charge >= 0.3 is 0 Å². The Bertz CT molecular complexity index is 624. The van der Waals surface area contributed by atoms with Gasteiger partial charge in [-0.15, -0.1) is 0 Å². The zero-order valence-electron chi connectivity index (χ0n) is 11.8. The van der Waals surface area contributed by atoms with Crippen molar-refractivity contribution in [3.05, 3.63) is 18.2 Å². The summed E-state index contributed by atoms with van der Waals surface area (Å²) in [5.74, 6) is 1.12. The molecule has 2 aliphatic rings. The molecule has 0 aliphatic carbocycles. The van der Waals surface area contributed by atoms with Crippen molar-refractivity contribution in [3.63, 3.8) is 0 Å². The molecule has 0 aromatic heterocycles. The lowest BCUT2D eigenvalue weighted by Gasteiger charge is -2.22. The molecule has 2 aliphatic heterocycles. The number of benzene rings is 1. The fraction of sp³-hybridized carbons (Fsp3) is 0.571. The molecule has 0 amide bonds. The maximum absolute atomic E-state index is 12.6. The number of fused-ring (bicyclic) bond motifs is 1. The number of ether oxygens (including phenoxy) is 2. The van der Waals surface area contributed by atoms with Crippen molar-refractivity contribution >= 4 is 10.0 Å². The molecule has 2 heterocycles. The van der Waals surface area contributed by atoms with Crippen LogP contribution >= 0.6 is 0 Å². The average Bonchev–Trinajstić information content (AvgIpc) is 2.79. The maximum atomic E-state index is 12.6. The van der Waals surface area contributed by atoms with E-state index in [0.29, 0.717) is 37.8 Å². The lowest BCUT2D eigenvalue weighted by atomic mass is 9.93. The molecule has 20 heavy (non-hydrogen) atoms. The van der Waals surface area contributed by atoms with Crippen molar-refractivity contribution in [1.82, 2.24) is 4.31 Å². The highest BCUT2D eigenvalue weighted by Crippen LogP contribution is 2.36. The van der Waals surface area contributed by atoms with Gasteiger partial charge in [0, 0.05) is 19.2 Å². The van der Waals surface area contributed by atoms with Crippen LogP contribution in [-0.4, -0.2) is 39.0 Å². The first-order valence-corrected chi connectivity index (χ1v) is 8.22. The zero-order chi connectivity index (χ0) is 14.4. The quantitative estimate of drug-likeness (QED) is 0.836. The van der Waals surface area contributed by atoms with Crippen LogP contribution in [0.3, 0.4) is 0 Å². The van der Waals surface area contributed by atoms with Gasteiger partial charge in [-0.2, -0.15) is 4.31 Å². The SMILES string of the molecule is CC1(C)CCN(S(=O)(=O)c2ccc3c(c2)OCCO3)C1. The van der Waals surface area contributed by atoms with Crippen LogP contribution in [0.4, 0.5) is 0 Å². The van der Waals surface area contributed by atoms with Crippen LogP contribution in [-0.2, 0) is 10.0 Å². The van der Waals surface area contributed by atoms with E-state index in [1.807, 2.05) is 0 Å². The Morgan fingerprint density at radius 3 is 2.50 bits per heavy atom. The molecule has 6 heteroatoms. The highest BCUT2D eigenvalue weighted by Gasteiger charge is 2.37. The summed E-state index contributed by atoms with van der Waals surface area (Å²) >= 11 is 0. The molecule has 0 bridgehead atoms. The van der Waals surface area contributed by atoms with Gasteiger partial charge in [-0.25, -0.2) is 8.42 Å². The van der Waals surface area contributed by atoms with E-state index in [0.717, 1.165) is 6.42 Å². The van der Waals surface area contributed by atoms with Gasteiger partial charge in [-0.05, 0) is 24.0 Å². The molecular weight excluding hydrogens is 278 g/mol. The second-order valence-corrected chi connectivity index (χ2v) is 8.00. The van der Waals surface area contributed by atoms with Crippen LogP contribution < -0.4 is 9.47 Å². The van der Waals surface area contributed by atoms with Crippen molar-refractivity contribution in [3.8, 4) is 11.5 Å². The number of rotatable bonds is 2. The second-order valence-electron chi connectivity index (χ2n) is 6.06. The van der Waals surface area contributed by atoms with E-state index in [2.05, 4.69) is 13.8 Å². The van der Waals surface area contributed by atoms with Gasteiger partial charge in [0.05, 0.1) is 4.90 Å². The highest BCUT2D eigenvalue weighted by molar-refractivity contribution is 7.89. The Kier molecular flexibility index (Phi) is 3.17.